The Bertz CT molecular complexity index is 818. The fourth-order valence-electron chi connectivity index (χ4n) is 7.39. The molecule has 3 saturated carbocycles. The van der Waals surface area contributed by atoms with Crippen LogP contribution >= 0.6 is 0 Å². The van der Waals surface area contributed by atoms with E-state index in [0.717, 1.165) is 68.9 Å². The molecule has 4 fully saturated rings. The van der Waals surface area contributed by atoms with Crippen molar-refractivity contribution < 1.29 is 0 Å². The minimum absolute atomic E-state index is 0.559. The molecule has 2 heterocycles. The first-order valence-electron chi connectivity index (χ1n) is 15.5. The van der Waals surface area contributed by atoms with Crippen molar-refractivity contribution in [1.29, 1.82) is 0 Å². The van der Waals surface area contributed by atoms with Crippen LogP contribution < -0.4 is 26.6 Å². The van der Waals surface area contributed by atoms with Crippen LogP contribution in [0.3, 0.4) is 0 Å². The van der Waals surface area contributed by atoms with Gasteiger partial charge in [0.2, 0.25) is 5.95 Å². The highest BCUT2D eigenvalue weighted by Gasteiger charge is 2.38. The van der Waals surface area contributed by atoms with Gasteiger partial charge in [-0.3, -0.25) is 4.90 Å². The van der Waals surface area contributed by atoms with Crippen molar-refractivity contribution in [2.45, 2.75) is 77.2 Å². The normalized spacial score (nSPS) is 30.2. The van der Waals surface area contributed by atoms with Gasteiger partial charge in [-0.05, 0) is 108 Å². The zero-order valence-electron chi connectivity index (χ0n) is 23.3. The molecule has 1 aromatic rings. The number of piperazine rings is 1. The molecule has 0 radical (unpaired) electrons. The van der Waals surface area contributed by atoms with E-state index in [0.29, 0.717) is 17.7 Å². The van der Waals surface area contributed by atoms with Crippen LogP contribution in [-0.4, -0.2) is 79.8 Å². The number of rotatable bonds is 13. The lowest BCUT2D eigenvalue weighted by Gasteiger charge is -2.35. The van der Waals surface area contributed by atoms with Crippen molar-refractivity contribution in [3.63, 3.8) is 0 Å². The van der Waals surface area contributed by atoms with Crippen molar-refractivity contribution in [1.82, 2.24) is 25.5 Å². The third kappa shape index (κ3) is 7.70. The molecule has 5 N–H and O–H groups in total. The monoisotopic (exact) mass is 512 g/mol. The molecule has 0 amide bonds. The molecule has 5 rings (SSSR count). The number of nitrogens with zero attached hydrogens (tertiary/aromatic N) is 4. The summed E-state index contributed by atoms with van der Waals surface area (Å²) in [5, 5.41) is 11.1. The van der Waals surface area contributed by atoms with Gasteiger partial charge in [0.25, 0.3) is 0 Å². The van der Waals surface area contributed by atoms with Gasteiger partial charge >= 0.3 is 0 Å². The minimum atomic E-state index is 0.559. The predicted molar refractivity (Wildman–Crippen MR) is 154 cm³/mol. The average molecular weight is 513 g/mol. The third-order valence-corrected chi connectivity index (χ3v) is 9.59. The van der Waals surface area contributed by atoms with E-state index in [9.17, 15) is 0 Å². The molecule has 37 heavy (non-hydrogen) atoms. The number of nitrogens with one attached hydrogen (secondary N) is 3. The van der Waals surface area contributed by atoms with E-state index in [1.54, 1.807) is 0 Å². The van der Waals surface area contributed by atoms with Crippen molar-refractivity contribution in [3.05, 3.63) is 6.07 Å². The smallest absolute Gasteiger partial charge is 0.226 e. The van der Waals surface area contributed by atoms with Crippen molar-refractivity contribution in [2.75, 3.05) is 74.9 Å². The summed E-state index contributed by atoms with van der Waals surface area (Å²) < 4.78 is 0. The zero-order chi connectivity index (χ0) is 25.5. The molecule has 3 aliphatic carbocycles. The fraction of sp³-hybridized carbons (Fsp3) is 0.862. The Hall–Kier alpha value is -1.64. The predicted octanol–water partition coefficient (Wildman–Crippen LogP) is 3.57. The number of fused-ring (bicyclic) bond motifs is 2. The summed E-state index contributed by atoms with van der Waals surface area (Å²) >= 11 is 0. The number of anilines is 3. The number of aromatic nitrogens is 2. The molecule has 1 aromatic heterocycles. The van der Waals surface area contributed by atoms with Crippen LogP contribution in [0.15, 0.2) is 6.07 Å². The topological polar surface area (TPSA) is 94.4 Å². The Balaban J connectivity index is 0.941. The summed E-state index contributed by atoms with van der Waals surface area (Å²) in [5.74, 6) is 5.77. The zero-order valence-corrected chi connectivity index (χ0v) is 23.3. The first kappa shape index (κ1) is 26.9. The molecular weight excluding hydrogens is 460 g/mol. The fourth-order valence-corrected chi connectivity index (χ4v) is 7.39. The highest BCUT2D eigenvalue weighted by molar-refractivity contribution is 5.51. The summed E-state index contributed by atoms with van der Waals surface area (Å²) in [7, 11) is 0. The molecule has 2 bridgehead atoms. The largest absolute Gasteiger partial charge is 0.383 e. The van der Waals surface area contributed by atoms with E-state index in [-0.39, 0.29) is 0 Å². The van der Waals surface area contributed by atoms with Gasteiger partial charge in [0, 0.05) is 44.8 Å². The van der Waals surface area contributed by atoms with Gasteiger partial charge in [0.05, 0.1) is 0 Å². The second-order valence-corrected chi connectivity index (χ2v) is 12.4. The van der Waals surface area contributed by atoms with Gasteiger partial charge in [0.15, 0.2) is 0 Å². The molecule has 4 aliphatic rings. The van der Waals surface area contributed by atoms with E-state index >= 15 is 0 Å². The second-order valence-electron chi connectivity index (χ2n) is 12.4. The Labute approximate surface area is 224 Å². The standard InChI is InChI=1S/C29H52N8/c1-2-12-36-13-15-37(16-14-36)28-19-27(30)34-29(35-28)33-21-23-6-4-22(5-7-23)20-31-10-3-11-32-26-18-24-8-9-25(26)17-24/h19,22-26,31-32H,2-18,20-21H2,1H3,(H3,30,33,34,35). The molecule has 8 nitrogen and oxygen atoms in total. The van der Waals surface area contributed by atoms with Crippen LogP contribution in [0.5, 0.6) is 0 Å². The van der Waals surface area contributed by atoms with Crippen LogP contribution in [0, 0.1) is 23.7 Å². The molecule has 1 saturated heterocycles. The Kier molecular flexibility index (Phi) is 9.78. The van der Waals surface area contributed by atoms with Crippen molar-refractivity contribution in [3.8, 4) is 0 Å². The van der Waals surface area contributed by atoms with E-state index < -0.39 is 0 Å². The van der Waals surface area contributed by atoms with Crippen LogP contribution in [0.2, 0.25) is 0 Å². The number of hydrogen-bond acceptors (Lipinski definition) is 8. The van der Waals surface area contributed by atoms with Gasteiger partial charge in [-0.1, -0.05) is 13.3 Å². The van der Waals surface area contributed by atoms with Crippen LogP contribution in [-0.2, 0) is 0 Å². The van der Waals surface area contributed by atoms with Crippen molar-refractivity contribution >= 4 is 17.6 Å². The molecule has 3 atom stereocenters. The van der Waals surface area contributed by atoms with Crippen LogP contribution in [0.25, 0.3) is 0 Å². The van der Waals surface area contributed by atoms with Gasteiger partial charge in [-0.25, -0.2) is 0 Å². The van der Waals surface area contributed by atoms with Gasteiger partial charge < -0.3 is 26.6 Å². The third-order valence-electron chi connectivity index (χ3n) is 9.59. The van der Waals surface area contributed by atoms with Crippen molar-refractivity contribution in [2.24, 2.45) is 23.7 Å². The van der Waals surface area contributed by atoms with Crippen LogP contribution in [0.1, 0.15) is 71.1 Å². The summed E-state index contributed by atoms with van der Waals surface area (Å²) in [6, 6.07) is 2.75. The first-order valence-corrected chi connectivity index (χ1v) is 15.5. The lowest BCUT2D eigenvalue weighted by Crippen LogP contribution is -2.46. The molecule has 0 aromatic carbocycles. The lowest BCUT2D eigenvalue weighted by molar-refractivity contribution is 0.258. The summed E-state index contributed by atoms with van der Waals surface area (Å²) in [4.78, 5) is 14.2. The quantitative estimate of drug-likeness (QED) is 0.298. The maximum atomic E-state index is 6.15. The average Bonchev–Trinajstić information content (AvgIpc) is 3.54. The summed E-state index contributed by atoms with van der Waals surface area (Å²) in [5.41, 5.74) is 6.15. The maximum Gasteiger partial charge on any atom is 0.226 e. The molecule has 8 heteroatoms. The minimum Gasteiger partial charge on any atom is -0.383 e. The summed E-state index contributed by atoms with van der Waals surface area (Å²) in [6.45, 7) is 12.1. The van der Waals surface area contributed by atoms with E-state index in [1.807, 2.05) is 6.07 Å². The lowest BCUT2D eigenvalue weighted by atomic mass is 9.82. The van der Waals surface area contributed by atoms with E-state index in [2.05, 4.69) is 37.7 Å². The second kappa shape index (κ2) is 13.4. The molecule has 0 spiro atoms. The SMILES string of the molecule is CCCN1CCN(c2cc(N)nc(NCC3CCC(CNCCCNC4CC5CCC4C5)CC3)n2)CC1. The van der Waals surface area contributed by atoms with Gasteiger partial charge in [-0.15, -0.1) is 0 Å². The van der Waals surface area contributed by atoms with E-state index in [1.165, 1.54) is 83.8 Å². The number of hydrogen-bond donors (Lipinski definition) is 4. The Morgan fingerprint density at radius 1 is 0.919 bits per heavy atom. The van der Waals surface area contributed by atoms with E-state index in [4.69, 9.17) is 10.7 Å². The first-order chi connectivity index (χ1) is 18.2. The number of nitrogen functional groups attached to an aromatic ring is 1. The molecular formula is C29H52N8. The molecule has 208 valence electrons. The van der Waals surface area contributed by atoms with Crippen LogP contribution in [0.4, 0.5) is 17.6 Å². The Morgan fingerprint density at radius 3 is 2.41 bits per heavy atom. The summed E-state index contributed by atoms with van der Waals surface area (Å²) in [6.07, 6.45) is 13.6. The molecule has 1 aliphatic heterocycles. The van der Waals surface area contributed by atoms with Gasteiger partial charge in [0.1, 0.15) is 11.6 Å². The highest BCUT2D eigenvalue weighted by atomic mass is 15.3. The van der Waals surface area contributed by atoms with Gasteiger partial charge in [-0.2, -0.15) is 9.97 Å². The maximum absolute atomic E-state index is 6.15. The number of nitrogens with two attached hydrogens (primary N) is 1. The highest BCUT2D eigenvalue weighted by Crippen LogP contribution is 2.44. The Morgan fingerprint density at radius 2 is 1.70 bits per heavy atom. The molecule has 3 unspecified atom stereocenters.